The van der Waals surface area contributed by atoms with E-state index < -0.39 is 22.9 Å². The maximum absolute atomic E-state index is 13.1. The fourth-order valence-corrected chi connectivity index (χ4v) is 4.79. The number of aromatic nitrogens is 3. The Hall–Kier alpha value is -4.41. The monoisotopic (exact) mass is 566 g/mol. The highest BCUT2D eigenvalue weighted by Crippen LogP contribution is 2.39. The first kappa shape index (κ1) is 26.2. The summed E-state index contributed by atoms with van der Waals surface area (Å²) >= 11 is 12.8. The van der Waals surface area contributed by atoms with E-state index in [0.29, 0.717) is 35.5 Å². The van der Waals surface area contributed by atoms with E-state index in [4.69, 9.17) is 33.0 Å². The Morgan fingerprint density at radius 3 is 2.41 bits per heavy atom. The predicted octanol–water partition coefficient (Wildman–Crippen LogP) is 4.23. The van der Waals surface area contributed by atoms with Gasteiger partial charge in [0.2, 0.25) is 5.69 Å². The predicted molar refractivity (Wildman–Crippen MR) is 144 cm³/mol. The van der Waals surface area contributed by atoms with Crippen molar-refractivity contribution in [3.63, 3.8) is 0 Å². The van der Waals surface area contributed by atoms with Crippen molar-refractivity contribution >= 4 is 35.1 Å². The summed E-state index contributed by atoms with van der Waals surface area (Å²) in [4.78, 5) is 52.0. The highest BCUT2D eigenvalue weighted by atomic mass is 35.5. The number of carboxylic acids is 1. The number of nitrogens with zero attached hydrogens (tertiary/aromatic N) is 3. The minimum atomic E-state index is -1.61. The number of aryl methyl sites for hydroxylation is 1. The van der Waals surface area contributed by atoms with Gasteiger partial charge in [0.15, 0.2) is 5.75 Å². The summed E-state index contributed by atoms with van der Waals surface area (Å²) in [6.07, 6.45) is 0.636. The lowest BCUT2D eigenvalue weighted by Crippen LogP contribution is -2.37. The maximum Gasteiger partial charge on any atom is 0.362 e. The molecule has 4 aromatic rings. The molecule has 1 aromatic heterocycles. The molecule has 0 aliphatic carbocycles. The van der Waals surface area contributed by atoms with Gasteiger partial charge in [0.25, 0.3) is 11.5 Å². The number of aromatic carboxylic acids is 1. The summed E-state index contributed by atoms with van der Waals surface area (Å²) in [6.45, 7) is 3.09. The third kappa shape index (κ3) is 5.29. The van der Waals surface area contributed by atoms with Crippen molar-refractivity contribution in [3.05, 3.63) is 113 Å². The van der Waals surface area contributed by atoms with Crippen LogP contribution in [0.4, 0.5) is 0 Å². The number of ether oxygens (including phenoxy) is 1. The van der Waals surface area contributed by atoms with Gasteiger partial charge in [-0.2, -0.15) is 9.78 Å². The molecule has 0 spiro atoms. The number of carbonyl (C=O) groups is 2. The molecule has 198 valence electrons. The molecule has 1 aliphatic rings. The number of aromatic amines is 1. The zero-order valence-corrected chi connectivity index (χ0v) is 21.9. The lowest BCUT2D eigenvalue weighted by atomic mass is 9.98. The molecule has 1 amide bonds. The quantitative estimate of drug-likeness (QED) is 0.356. The van der Waals surface area contributed by atoms with Crippen LogP contribution >= 0.6 is 23.2 Å². The number of halogens is 2. The third-order valence-corrected chi connectivity index (χ3v) is 6.78. The summed E-state index contributed by atoms with van der Waals surface area (Å²) in [5.41, 5.74) is 0.674. The SMILES string of the molecule is Cc1ccc(CN2CCc3cc(Oc4c(Cl)cc(-n5nc(C(=O)O)c(=O)[nH]c5=O)cc4Cl)ccc3C2=O)cc1. The van der Waals surface area contributed by atoms with E-state index in [2.05, 4.69) is 5.10 Å². The second kappa shape index (κ2) is 10.4. The maximum atomic E-state index is 13.1. The fraction of sp³-hybridized carbons (Fsp3) is 0.148. The van der Waals surface area contributed by atoms with Crippen LogP contribution in [0.3, 0.4) is 0 Å². The third-order valence-electron chi connectivity index (χ3n) is 6.22. The molecule has 0 atom stereocenters. The molecule has 0 saturated heterocycles. The van der Waals surface area contributed by atoms with E-state index >= 15 is 0 Å². The molecule has 39 heavy (non-hydrogen) atoms. The lowest BCUT2D eigenvalue weighted by molar-refractivity contribution is 0.0683. The van der Waals surface area contributed by atoms with Crippen LogP contribution in [-0.2, 0) is 13.0 Å². The van der Waals surface area contributed by atoms with Crippen molar-refractivity contribution in [2.24, 2.45) is 0 Å². The number of H-pyrrole nitrogens is 1. The van der Waals surface area contributed by atoms with E-state index in [9.17, 15) is 19.2 Å². The first-order chi connectivity index (χ1) is 18.6. The molecule has 0 bridgehead atoms. The molecule has 0 radical (unpaired) electrons. The van der Waals surface area contributed by atoms with Crippen LogP contribution in [0.2, 0.25) is 10.0 Å². The highest BCUT2D eigenvalue weighted by Gasteiger charge is 2.25. The van der Waals surface area contributed by atoms with Crippen LogP contribution in [0, 0.1) is 6.92 Å². The summed E-state index contributed by atoms with van der Waals surface area (Å²) in [5, 5.41) is 12.8. The molecule has 2 N–H and O–H groups in total. The number of carbonyl (C=O) groups excluding carboxylic acids is 1. The van der Waals surface area contributed by atoms with Gasteiger partial charge in [0.1, 0.15) is 5.75 Å². The number of fused-ring (bicyclic) bond motifs is 1. The number of hydrogen-bond donors (Lipinski definition) is 2. The van der Waals surface area contributed by atoms with Gasteiger partial charge >= 0.3 is 11.7 Å². The molecule has 0 saturated carbocycles. The van der Waals surface area contributed by atoms with Crippen LogP contribution in [-0.4, -0.2) is 43.2 Å². The van der Waals surface area contributed by atoms with Crippen LogP contribution in [0.1, 0.15) is 37.5 Å². The Bertz CT molecular complexity index is 1720. The topological polar surface area (TPSA) is 135 Å². The molecule has 2 heterocycles. The molecular formula is C27H20Cl2N4O6. The van der Waals surface area contributed by atoms with E-state index in [0.717, 1.165) is 16.7 Å². The van der Waals surface area contributed by atoms with Crippen LogP contribution < -0.4 is 16.0 Å². The van der Waals surface area contributed by atoms with Crippen LogP contribution in [0.15, 0.2) is 64.2 Å². The van der Waals surface area contributed by atoms with Gasteiger partial charge in [-0.1, -0.05) is 53.0 Å². The summed E-state index contributed by atoms with van der Waals surface area (Å²) < 4.78 is 6.59. The van der Waals surface area contributed by atoms with Crippen molar-refractivity contribution in [3.8, 4) is 17.2 Å². The number of benzene rings is 3. The largest absolute Gasteiger partial charge is 0.476 e. The van der Waals surface area contributed by atoms with Crippen molar-refractivity contribution in [2.75, 3.05) is 6.54 Å². The minimum Gasteiger partial charge on any atom is -0.476 e. The number of hydrogen-bond acceptors (Lipinski definition) is 6. The number of carboxylic acid groups (broad SMARTS) is 1. The number of rotatable bonds is 6. The average molecular weight is 567 g/mol. The van der Waals surface area contributed by atoms with Crippen molar-refractivity contribution in [2.45, 2.75) is 19.9 Å². The number of amides is 1. The summed E-state index contributed by atoms with van der Waals surface area (Å²) in [5.74, 6) is -1.19. The second-order valence-electron chi connectivity index (χ2n) is 8.95. The Morgan fingerprint density at radius 2 is 1.74 bits per heavy atom. The van der Waals surface area contributed by atoms with E-state index in [1.165, 1.54) is 12.1 Å². The lowest BCUT2D eigenvalue weighted by Gasteiger charge is -2.29. The smallest absolute Gasteiger partial charge is 0.362 e. The molecule has 0 fully saturated rings. The van der Waals surface area contributed by atoms with Crippen LogP contribution in [0.25, 0.3) is 5.69 Å². The Kier molecular flexibility index (Phi) is 6.98. The first-order valence-corrected chi connectivity index (χ1v) is 12.5. The van der Waals surface area contributed by atoms with Crippen LogP contribution in [0.5, 0.6) is 11.5 Å². The molecule has 1 aliphatic heterocycles. The normalized spacial score (nSPS) is 12.8. The molecule has 12 heteroatoms. The Morgan fingerprint density at radius 1 is 1.05 bits per heavy atom. The average Bonchev–Trinajstić information content (AvgIpc) is 2.89. The summed E-state index contributed by atoms with van der Waals surface area (Å²) in [7, 11) is 0. The van der Waals surface area contributed by atoms with Crippen molar-refractivity contribution < 1.29 is 19.4 Å². The van der Waals surface area contributed by atoms with Gasteiger partial charge in [-0.15, -0.1) is 0 Å². The van der Waals surface area contributed by atoms with Gasteiger partial charge in [-0.3, -0.25) is 14.6 Å². The molecule has 10 nitrogen and oxygen atoms in total. The van der Waals surface area contributed by atoms with Gasteiger partial charge < -0.3 is 14.7 Å². The van der Waals surface area contributed by atoms with E-state index in [1.54, 1.807) is 18.2 Å². The van der Waals surface area contributed by atoms with Crippen molar-refractivity contribution in [1.29, 1.82) is 0 Å². The van der Waals surface area contributed by atoms with Gasteiger partial charge in [0.05, 0.1) is 15.7 Å². The molecular weight excluding hydrogens is 547 g/mol. The zero-order valence-electron chi connectivity index (χ0n) is 20.4. The van der Waals surface area contributed by atoms with E-state index in [-0.39, 0.29) is 27.4 Å². The molecule has 0 unspecified atom stereocenters. The summed E-state index contributed by atoms with van der Waals surface area (Å²) in [6, 6.07) is 15.8. The van der Waals surface area contributed by atoms with Crippen molar-refractivity contribution in [1.82, 2.24) is 19.7 Å². The molecule has 5 rings (SSSR count). The molecule has 3 aromatic carbocycles. The van der Waals surface area contributed by atoms with Gasteiger partial charge in [-0.25, -0.2) is 9.59 Å². The van der Waals surface area contributed by atoms with E-state index in [1.807, 2.05) is 41.1 Å². The second-order valence-corrected chi connectivity index (χ2v) is 9.76. The Balaban J connectivity index is 1.38. The number of nitrogens with one attached hydrogen (secondary N) is 1. The fourth-order valence-electron chi connectivity index (χ4n) is 4.24. The Labute approximate surface area is 231 Å². The minimum absolute atomic E-state index is 0.00680. The standard InChI is InChI=1S/C27H20Cl2N4O6/c1-14-2-4-15(5-3-14)13-32-9-8-16-10-18(6-7-19(16)25(32)35)39-23-20(28)11-17(12-21(23)29)33-27(38)30-24(34)22(31-33)26(36)37/h2-7,10-12H,8-9,13H2,1H3,(H,36,37)(H,30,34,38). The first-order valence-electron chi connectivity index (χ1n) is 11.7. The highest BCUT2D eigenvalue weighted by molar-refractivity contribution is 6.37. The van der Waals surface area contributed by atoms with Gasteiger partial charge in [-0.05, 0) is 54.8 Å². The van der Waals surface area contributed by atoms with Gasteiger partial charge in [0, 0.05) is 18.7 Å². The zero-order chi connectivity index (χ0) is 27.8.